The molecule has 0 N–H and O–H groups in total. The van der Waals surface area contributed by atoms with E-state index in [1.54, 1.807) is 23.1 Å². The molecule has 35 heavy (non-hydrogen) atoms. The van der Waals surface area contributed by atoms with Gasteiger partial charge in [-0.2, -0.15) is 0 Å². The standard InChI is InChI=1S/C29H31F2N3O/c1-21-4-11-25(12-5-21)33-17-15-32(16-18-33)20-29(35)34-14-2-3-26(22-6-8-23(30)9-7-22)27-13-10-24(31)19-28(27)34/h4-13,19,26H,2-3,14-18,20H2,1H3. The van der Waals surface area contributed by atoms with Crippen molar-refractivity contribution >= 4 is 17.3 Å². The molecule has 3 aromatic rings. The van der Waals surface area contributed by atoms with Crippen molar-refractivity contribution in [2.45, 2.75) is 25.7 Å². The molecule has 1 atom stereocenters. The summed E-state index contributed by atoms with van der Waals surface area (Å²) in [6.07, 6.45) is 1.62. The zero-order valence-electron chi connectivity index (χ0n) is 20.1. The van der Waals surface area contributed by atoms with Gasteiger partial charge >= 0.3 is 0 Å². The maximum Gasteiger partial charge on any atom is 0.241 e. The fourth-order valence-corrected chi connectivity index (χ4v) is 5.27. The normalized spacial score (nSPS) is 18.8. The van der Waals surface area contributed by atoms with Crippen LogP contribution in [0.2, 0.25) is 0 Å². The number of piperazine rings is 1. The molecule has 0 aliphatic carbocycles. The number of fused-ring (bicyclic) bond motifs is 1. The van der Waals surface area contributed by atoms with E-state index in [1.807, 2.05) is 0 Å². The minimum Gasteiger partial charge on any atom is -0.369 e. The Morgan fingerprint density at radius 3 is 2.26 bits per heavy atom. The third-order valence-corrected chi connectivity index (χ3v) is 7.24. The predicted molar refractivity (Wildman–Crippen MR) is 136 cm³/mol. The second-order valence-electron chi connectivity index (χ2n) is 9.59. The first-order valence-corrected chi connectivity index (χ1v) is 12.4. The summed E-state index contributed by atoms with van der Waals surface area (Å²) < 4.78 is 27.8. The summed E-state index contributed by atoms with van der Waals surface area (Å²) in [7, 11) is 0. The second kappa shape index (κ2) is 10.2. The third kappa shape index (κ3) is 5.22. The molecule has 0 aromatic heterocycles. The van der Waals surface area contributed by atoms with Gasteiger partial charge in [-0.3, -0.25) is 9.69 Å². The smallest absolute Gasteiger partial charge is 0.241 e. The second-order valence-corrected chi connectivity index (χ2v) is 9.59. The largest absolute Gasteiger partial charge is 0.369 e. The maximum atomic E-state index is 14.3. The van der Waals surface area contributed by atoms with Gasteiger partial charge < -0.3 is 9.80 Å². The number of amides is 1. The number of carbonyl (C=O) groups excluding carboxylic acids is 1. The Bertz CT molecular complexity index is 1170. The van der Waals surface area contributed by atoms with Crippen molar-refractivity contribution in [1.29, 1.82) is 0 Å². The molecule has 6 heteroatoms. The van der Waals surface area contributed by atoms with Gasteiger partial charge in [-0.1, -0.05) is 35.9 Å². The molecule has 0 radical (unpaired) electrons. The summed E-state index contributed by atoms with van der Waals surface area (Å²) in [4.78, 5) is 19.8. The fraction of sp³-hybridized carbons (Fsp3) is 0.345. The number of hydrogen-bond donors (Lipinski definition) is 0. The monoisotopic (exact) mass is 475 g/mol. The summed E-state index contributed by atoms with van der Waals surface area (Å²) in [5.74, 6) is -0.628. The van der Waals surface area contributed by atoms with Crippen LogP contribution in [-0.2, 0) is 4.79 Å². The van der Waals surface area contributed by atoms with E-state index in [2.05, 4.69) is 41.0 Å². The van der Waals surface area contributed by atoms with Gasteiger partial charge in [-0.05, 0) is 67.3 Å². The molecular weight excluding hydrogens is 444 g/mol. The first-order valence-electron chi connectivity index (χ1n) is 12.4. The first kappa shape index (κ1) is 23.5. The number of hydrogen-bond acceptors (Lipinski definition) is 3. The quantitative estimate of drug-likeness (QED) is 0.509. The lowest BCUT2D eigenvalue weighted by molar-refractivity contribution is -0.119. The highest BCUT2D eigenvalue weighted by molar-refractivity contribution is 5.96. The molecule has 5 rings (SSSR count). The molecular formula is C29H31F2N3O. The minimum atomic E-state index is -0.354. The Kier molecular flexibility index (Phi) is 6.82. The van der Waals surface area contributed by atoms with Crippen LogP contribution in [0.4, 0.5) is 20.2 Å². The molecule has 2 aliphatic rings. The lowest BCUT2D eigenvalue weighted by Gasteiger charge is -2.36. The van der Waals surface area contributed by atoms with Gasteiger partial charge in [-0.25, -0.2) is 8.78 Å². The van der Waals surface area contributed by atoms with Gasteiger partial charge in [0.05, 0.1) is 12.2 Å². The summed E-state index contributed by atoms with van der Waals surface area (Å²) in [5, 5.41) is 0. The molecule has 2 aliphatic heterocycles. The van der Waals surface area contributed by atoms with Gasteiger partial charge in [0.1, 0.15) is 11.6 Å². The van der Waals surface area contributed by atoms with E-state index in [0.717, 1.165) is 50.1 Å². The lowest BCUT2D eigenvalue weighted by atomic mass is 9.87. The predicted octanol–water partition coefficient (Wildman–Crippen LogP) is 5.35. The summed E-state index contributed by atoms with van der Waals surface area (Å²) >= 11 is 0. The Morgan fingerprint density at radius 1 is 0.857 bits per heavy atom. The highest BCUT2D eigenvalue weighted by atomic mass is 19.1. The molecule has 1 saturated heterocycles. The van der Waals surface area contributed by atoms with Crippen molar-refractivity contribution < 1.29 is 13.6 Å². The SMILES string of the molecule is Cc1ccc(N2CCN(CC(=O)N3CCCC(c4ccc(F)cc4)c4ccc(F)cc43)CC2)cc1. The zero-order chi connectivity index (χ0) is 24.4. The van der Waals surface area contributed by atoms with Crippen molar-refractivity contribution in [3.05, 3.63) is 95.1 Å². The van der Waals surface area contributed by atoms with Crippen LogP contribution in [0.1, 0.15) is 35.4 Å². The highest BCUT2D eigenvalue weighted by Crippen LogP contribution is 2.39. The van der Waals surface area contributed by atoms with Crippen LogP contribution < -0.4 is 9.80 Å². The van der Waals surface area contributed by atoms with Crippen molar-refractivity contribution in [1.82, 2.24) is 4.90 Å². The van der Waals surface area contributed by atoms with Crippen molar-refractivity contribution in [2.24, 2.45) is 0 Å². The molecule has 0 bridgehead atoms. The molecule has 1 fully saturated rings. The van der Waals surface area contributed by atoms with Gasteiger partial charge in [0, 0.05) is 44.3 Å². The van der Waals surface area contributed by atoms with Crippen molar-refractivity contribution in [3.8, 4) is 0 Å². The minimum absolute atomic E-state index is 0.000363. The van der Waals surface area contributed by atoms with E-state index in [9.17, 15) is 13.6 Å². The number of aryl methyl sites for hydroxylation is 1. The Labute approximate surface area is 205 Å². The van der Waals surface area contributed by atoms with Gasteiger partial charge in [0.15, 0.2) is 0 Å². The van der Waals surface area contributed by atoms with Crippen molar-refractivity contribution in [3.63, 3.8) is 0 Å². The number of halogens is 2. The number of anilines is 2. The Morgan fingerprint density at radius 2 is 1.54 bits per heavy atom. The number of nitrogens with zero attached hydrogens (tertiary/aromatic N) is 3. The van der Waals surface area contributed by atoms with Gasteiger partial charge in [-0.15, -0.1) is 0 Å². The maximum absolute atomic E-state index is 14.3. The first-order chi connectivity index (χ1) is 17.0. The molecule has 2 heterocycles. The average Bonchev–Trinajstić information content (AvgIpc) is 3.05. The third-order valence-electron chi connectivity index (χ3n) is 7.24. The van der Waals surface area contributed by atoms with Crippen LogP contribution in [-0.4, -0.2) is 50.1 Å². The Hall–Kier alpha value is -3.25. The van der Waals surface area contributed by atoms with Crippen LogP contribution in [0.25, 0.3) is 0 Å². The summed E-state index contributed by atoms with van der Waals surface area (Å²) in [5.41, 5.74) is 5.01. The van der Waals surface area contributed by atoms with Crippen LogP contribution in [0.15, 0.2) is 66.7 Å². The topological polar surface area (TPSA) is 26.8 Å². The highest BCUT2D eigenvalue weighted by Gasteiger charge is 2.29. The molecule has 4 nitrogen and oxygen atoms in total. The molecule has 1 unspecified atom stereocenters. The van der Waals surface area contributed by atoms with Crippen LogP contribution in [0.5, 0.6) is 0 Å². The molecule has 0 saturated carbocycles. The molecule has 1 amide bonds. The van der Waals surface area contributed by atoms with Gasteiger partial charge in [0.2, 0.25) is 5.91 Å². The molecule has 3 aromatic carbocycles. The number of carbonyl (C=O) groups is 1. The summed E-state index contributed by atoms with van der Waals surface area (Å²) in [6, 6.07) is 19.8. The average molecular weight is 476 g/mol. The zero-order valence-corrected chi connectivity index (χ0v) is 20.1. The van der Waals surface area contributed by atoms with E-state index >= 15 is 0 Å². The van der Waals surface area contributed by atoms with Crippen LogP contribution >= 0.6 is 0 Å². The summed E-state index contributed by atoms with van der Waals surface area (Å²) in [6.45, 7) is 6.31. The number of rotatable bonds is 4. The van der Waals surface area contributed by atoms with Crippen LogP contribution in [0, 0.1) is 18.6 Å². The molecule has 182 valence electrons. The molecule has 0 spiro atoms. The van der Waals surface area contributed by atoms with E-state index in [0.29, 0.717) is 18.8 Å². The van der Waals surface area contributed by atoms with E-state index in [4.69, 9.17) is 0 Å². The van der Waals surface area contributed by atoms with Crippen LogP contribution in [0.3, 0.4) is 0 Å². The fourth-order valence-electron chi connectivity index (χ4n) is 5.27. The Balaban J connectivity index is 1.30. The number of benzene rings is 3. The van der Waals surface area contributed by atoms with E-state index < -0.39 is 0 Å². The van der Waals surface area contributed by atoms with E-state index in [-0.39, 0.29) is 23.5 Å². The van der Waals surface area contributed by atoms with Crippen molar-refractivity contribution in [2.75, 3.05) is 49.1 Å². The van der Waals surface area contributed by atoms with E-state index in [1.165, 1.54) is 35.5 Å². The lowest BCUT2D eigenvalue weighted by Crippen LogP contribution is -2.50. The van der Waals surface area contributed by atoms with Gasteiger partial charge in [0.25, 0.3) is 0 Å².